The van der Waals surface area contributed by atoms with Crippen LogP contribution in [0.25, 0.3) is 22.2 Å². The lowest BCUT2D eigenvalue weighted by molar-refractivity contribution is -0.134. The molecule has 4 aliphatic heterocycles. The lowest BCUT2D eigenvalue weighted by atomic mass is 9.87. The Morgan fingerprint density at radius 1 is 0.827 bits per heavy atom. The number of piperidine rings is 2. The predicted molar refractivity (Wildman–Crippen MR) is 293 cm³/mol. The average molecular weight is 1040 g/mol. The summed E-state index contributed by atoms with van der Waals surface area (Å²) in [4.78, 5) is 84.5. The minimum atomic E-state index is -1.02. The number of rotatable bonds is 15. The number of likely N-dealkylation sites (tertiary alicyclic amines) is 1. The second-order valence-electron chi connectivity index (χ2n) is 21.8. The van der Waals surface area contributed by atoms with Crippen LogP contribution in [0.2, 0.25) is 5.02 Å². The summed E-state index contributed by atoms with van der Waals surface area (Å²) in [7, 11) is 0. The van der Waals surface area contributed by atoms with Crippen molar-refractivity contribution >= 4 is 58.0 Å². The molecule has 18 nitrogen and oxygen atoms in total. The first-order valence-corrected chi connectivity index (χ1v) is 27.2. The van der Waals surface area contributed by atoms with Crippen molar-refractivity contribution in [2.75, 3.05) is 108 Å². The van der Waals surface area contributed by atoms with Crippen LogP contribution >= 0.6 is 11.6 Å². The summed E-state index contributed by atoms with van der Waals surface area (Å²) in [6.45, 7) is 18.4. The Morgan fingerprint density at radius 2 is 1.53 bits per heavy atom. The Labute approximate surface area is 445 Å². The lowest BCUT2D eigenvalue weighted by Crippen LogP contribution is -2.60. The third kappa shape index (κ3) is 13.6. The van der Waals surface area contributed by atoms with Crippen molar-refractivity contribution in [1.82, 2.24) is 49.8 Å². The normalized spacial score (nSPS) is 18.7. The quantitative estimate of drug-likeness (QED) is 0.0894. The number of amides is 4. The molecule has 7 heterocycles. The number of halogens is 1. The zero-order valence-corrected chi connectivity index (χ0v) is 44.8. The smallest absolute Gasteiger partial charge is 0.412 e. The van der Waals surface area contributed by atoms with E-state index in [0.29, 0.717) is 81.7 Å². The van der Waals surface area contributed by atoms with Crippen molar-refractivity contribution in [2.24, 2.45) is 11.7 Å². The molecule has 0 unspecified atom stereocenters. The molecule has 2 aromatic carbocycles. The number of carbonyl (C=O) groups excluding carboxylic acids is 4. The molecule has 1 atom stereocenters. The van der Waals surface area contributed by atoms with Gasteiger partial charge in [-0.25, -0.2) is 19.7 Å². The van der Waals surface area contributed by atoms with Crippen LogP contribution in [0.3, 0.4) is 0 Å². The van der Waals surface area contributed by atoms with E-state index in [4.69, 9.17) is 22.1 Å². The maximum atomic E-state index is 14.0. The van der Waals surface area contributed by atoms with E-state index in [2.05, 4.69) is 69.2 Å². The number of nitrogens with zero attached hydrogens (tertiary/aromatic N) is 9. The number of carbonyl (C=O) groups is 4. The summed E-state index contributed by atoms with van der Waals surface area (Å²) in [5, 5.41) is 7.74. The molecule has 400 valence electrons. The Balaban J connectivity index is 0.699. The molecule has 19 heteroatoms. The number of H-pyrrole nitrogens is 1. The fraction of sp³-hybridized carbons (Fsp3) is 0.518. The highest BCUT2D eigenvalue weighted by molar-refractivity contribution is 6.30. The standard InChI is InChI=1S/C56H74ClN13O5/c1-5-39-7-6-8-42(33-39)43-34-47(64-54(74)75-55(2,3)4)49(60-35-43)52(72)70-21-14-40(15-22-70)36-66-25-27-67(28-26-66)37-48(71)68-31-29-65(30-32-68)20-16-46(41-9-11-44(57)12-10-41)63-53(73)56(58)17-23-69(24-18-56)51-45-13-19-59-50(45)61-38-62-51/h6-13,19,33-35,38,40,46H,5,14-18,20-32,36-37,58H2,1-4H3,(H,63,73)(H,64,74)(H,59,61,62)/t46-/m0/s1. The van der Waals surface area contributed by atoms with Crippen molar-refractivity contribution in [2.45, 2.75) is 83.4 Å². The third-order valence-corrected chi connectivity index (χ3v) is 15.7. The van der Waals surface area contributed by atoms with Crippen molar-refractivity contribution in [3.8, 4) is 11.1 Å². The number of benzene rings is 2. The van der Waals surface area contributed by atoms with Gasteiger partial charge in [-0.05, 0) is 106 Å². The number of hydrogen-bond acceptors (Lipinski definition) is 13. The first-order chi connectivity index (χ1) is 36.1. The molecular formula is C56H74ClN13O5. The van der Waals surface area contributed by atoms with Gasteiger partial charge in [-0.15, -0.1) is 0 Å². The summed E-state index contributed by atoms with van der Waals surface area (Å²) in [5.74, 6) is 1.11. The molecule has 4 fully saturated rings. The zero-order chi connectivity index (χ0) is 52.7. The van der Waals surface area contributed by atoms with Crippen molar-refractivity contribution in [3.63, 3.8) is 0 Å². The molecule has 0 saturated carbocycles. The van der Waals surface area contributed by atoms with Gasteiger partial charge in [0.05, 0.1) is 29.2 Å². The van der Waals surface area contributed by atoms with Gasteiger partial charge < -0.3 is 40.4 Å². The predicted octanol–water partition coefficient (Wildman–Crippen LogP) is 6.44. The van der Waals surface area contributed by atoms with E-state index >= 15 is 0 Å². The van der Waals surface area contributed by atoms with E-state index in [0.717, 1.165) is 105 Å². The molecule has 4 saturated heterocycles. The molecule has 4 aliphatic rings. The minimum absolute atomic E-state index is 0.154. The largest absolute Gasteiger partial charge is 0.444 e. The van der Waals surface area contributed by atoms with Gasteiger partial charge in [0, 0.05) is 115 Å². The molecular weight excluding hydrogens is 970 g/mol. The molecule has 0 spiro atoms. The van der Waals surface area contributed by atoms with Crippen LogP contribution in [0.5, 0.6) is 0 Å². The maximum absolute atomic E-state index is 14.0. The van der Waals surface area contributed by atoms with E-state index in [-0.39, 0.29) is 29.5 Å². The number of anilines is 2. The van der Waals surface area contributed by atoms with Crippen LogP contribution in [0.1, 0.15) is 87.5 Å². The number of aryl methyl sites for hydroxylation is 1. The molecule has 0 bridgehead atoms. The number of nitrogens with two attached hydrogens (primary N) is 1. The number of ether oxygens (including phenoxy) is 1. The SMILES string of the molecule is CCc1cccc(-c2cnc(C(=O)N3CCC(CN4CCN(CC(=O)N5CCN(CC[C@H](NC(=O)C6(N)CCN(c7ncnc8[nH]ccc78)CC6)c6ccc(Cl)cc6)CC5)CC4)CC3)c(NC(=O)OC(C)(C)C)c2)c1. The second kappa shape index (κ2) is 23.8. The first kappa shape index (κ1) is 53.6. The van der Waals surface area contributed by atoms with E-state index in [1.54, 1.807) is 33.3 Å². The minimum Gasteiger partial charge on any atom is -0.444 e. The van der Waals surface area contributed by atoms with Gasteiger partial charge in [-0.1, -0.05) is 54.9 Å². The van der Waals surface area contributed by atoms with Crippen LogP contribution in [0, 0.1) is 5.92 Å². The molecule has 0 radical (unpaired) electrons. The highest BCUT2D eigenvalue weighted by Gasteiger charge is 2.40. The molecule has 3 aromatic heterocycles. The number of piperazine rings is 2. The van der Waals surface area contributed by atoms with E-state index in [9.17, 15) is 19.2 Å². The number of nitrogens with one attached hydrogen (secondary N) is 3. The van der Waals surface area contributed by atoms with Crippen LogP contribution in [-0.2, 0) is 20.7 Å². The Hall–Kier alpha value is -6.18. The highest BCUT2D eigenvalue weighted by Crippen LogP contribution is 2.31. The second-order valence-corrected chi connectivity index (χ2v) is 22.2. The van der Waals surface area contributed by atoms with Crippen LogP contribution < -0.4 is 21.3 Å². The van der Waals surface area contributed by atoms with E-state index < -0.39 is 17.2 Å². The van der Waals surface area contributed by atoms with Gasteiger partial charge in [0.1, 0.15) is 23.4 Å². The number of aromatic amines is 1. The first-order valence-electron chi connectivity index (χ1n) is 26.8. The molecule has 5 aromatic rings. The van der Waals surface area contributed by atoms with Gasteiger partial charge in [0.25, 0.3) is 5.91 Å². The van der Waals surface area contributed by atoms with Gasteiger partial charge >= 0.3 is 6.09 Å². The van der Waals surface area contributed by atoms with Crippen LogP contribution in [-0.4, -0.2) is 178 Å². The van der Waals surface area contributed by atoms with Crippen molar-refractivity contribution in [3.05, 3.63) is 101 Å². The number of aromatic nitrogens is 4. The Kier molecular flexibility index (Phi) is 17.0. The van der Waals surface area contributed by atoms with Gasteiger partial charge in [-0.2, -0.15) is 0 Å². The van der Waals surface area contributed by atoms with Crippen molar-refractivity contribution < 1.29 is 23.9 Å². The summed E-state index contributed by atoms with van der Waals surface area (Å²) < 4.78 is 5.56. The average Bonchev–Trinajstić information content (AvgIpc) is 3.90. The monoisotopic (exact) mass is 1040 g/mol. The third-order valence-electron chi connectivity index (χ3n) is 15.4. The summed E-state index contributed by atoms with van der Waals surface area (Å²) >= 11 is 6.28. The van der Waals surface area contributed by atoms with Gasteiger partial charge in [0.2, 0.25) is 11.8 Å². The topological polar surface area (TPSA) is 201 Å². The zero-order valence-electron chi connectivity index (χ0n) is 44.0. The molecule has 0 aliphatic carbocycles. The maximum Gasteiger partial charge on any atom is 0.412 e. The summed E-state index contributed by atoms with van der Waals surface area (Å²) in [5.41, 5.74) is 10.4. The molecule has 5 N–H and O–H groups in total. The summed E-state index contributed by atoms with van der Waals surface area (Å²) in [6.07, 6.45) is 8.80. The number of pyridine rings is 1. The lowest BCUT2D eigenvalue weighted by Gasteiger charge is -2.40. The fourth-order valence-electron chi connectivity index (χ4n) is 10.8. The van der Waals surface area contributed by atoms with Crippen molar-refractivity contribution in [1.29, 1.82) is 0 Å². The number of fused-ring (bicyclic) bond motifs is 1. The summed E-state index contributed by atoms with van der Waals surface area (Å²) in [6, 6.07) is 19.4. The van der Waals surface area contributed by atoms with Gasteiger partial charge in [0.15, 0.2) is 5.69 Å². The molecule has 75 heavy (non-hydrogen) atoms. The Bertz CT molecular complexity index is 2770. The van der Waals surface area contributed by atoms with Crippen LogP contribution in [0.15, 0.2) is 79.4 Å². The highest BCUT2D eigenvalue weighted by atomic mass is 35.5. The van der Waals surface area contributed by atoms with Gasteiger partial charge in [-0.3, -0.25) is 29.5 Å². The fourth-order valence-corrected chi connectivity index (χ4v) is 11.0. The van der Waals surface area contributed by atoms with E-state index in [1.807, 2.05) is 64.5 Å². The molecule has 9 rings (SSSR count). The molecule has 4 amide bonds. The Morgan fingerprint density at radius 3 is 2.24 bits per heavy atom. The van der Waals surface area contributed by atoms with E-state index in [1.165, 1.54) is 5.56 Å². The number of hydrogen-bond donors (Lipinski definition) is 4. The van der Waals surface area contributed by atoms with Crippen LogP contribution in [0.4, 0.5) is 16.3 Å².